The average Bonchev–Trinajstić information content (AvgIpc) is 3.21. The van der Waals surface area contributed by atoms with Gasteiger partial charge in [-0.25, -0.2) is 0 Å². The molecule has 0 bridgehead atoms. The maximum absolute atomic E-state index is 13.1. The predicted octanol–water partition coefficient (Wildman–Crippen LogP) is 5.97. The number of nitrogens with zero attached hydrogens (tertiary/aromatic N) is 1. The number of aliphatic hydroxyl groups excluding tert-OH is 1. The maximum atomic E-state index is 13.1. The summed E-state index contributed by atoms with van der Waals surface area (Å²) in [5, 5.41) is 16.0. The van der Waals surface area contributed by atoms with Crippen LogP contribution in [0, 0.1) is 12.3 Å². The molecule has 1 atom stereocenters. The maximum Gasteiger partial charge on any atom is 0.291 e. The minimum Gasteiger partial charge on any atom is -0.455 e. The first-order chi connectivity index (χ1) is 14.8. The lowest BCUT2D eigenvalue weighted by Crippen LogP contribution is -2.24. The van der Waals surface area contributed by atoms with Crippen LogP contribution >= 0.6 is 0 Å². The number of nitrogens with one attached hydrogen (secondary N) is 1. The third kappa shape index (κ3) is 3.15. The summed E-state index contributed by atoms with van der Waals surface area (Å²) in [5.41, 5.74) is 4.47. The molecule has 4 aromatic rings. The number of amides is 1. The van der Waals surface area contributed by atoms with E-state index in [-0.39, 0.29) is 17.1 Å². The van der Waals surface area contributed by atoms with Crippen molar-refractivity contribution in [2.45, 2.75) is 53.2 Å². The Morgan fingerprint density at radius 3 is 2.71 bits per heavy atom. The summed E-state index contributed by atoms with van der Waals surface area (Å²) in [5.74, 6) is 0.737. The molecule has 0 fully saturated rings. The summed E-state index contributed by atoms with van der Waals surface area (Å²) in [6.45, 7) is 9.05. The van der Waals surface area contributed by atoms with E-state index in [0.29, 0.717) is 6.42 Å². The Bertz CT molecular complexity index is 1330. The number of aliphatic hydroxyl groups is 1. The van der Waals surface area contributed by atoms with Crippen LogP contribution in [0.25, 0.3) is 21.8 Å². The molecule has 2 N–H and O–H groups in total. The SMILES string of the molecule is CCn1c2ccccc2c2ccc(NC(=O)c3oc4c(c3C)[C@H](O)CC(C)(C)C4)cc21. The van der Waals surface area contributed by atoms with Crippen molar-refractivity contribution >= 4 is 33.4 Å². The number of aromatic nitrogens is 1. The van der Waals surface area contributed by atoms with Crippen LogP contribution in [0.4, 0.5) is 5.69 Å². The van der Waals surface area contributed by atoms with Gasteiger partial charge in [0.05, 0.1) is 11.6 Å². The van der Waals surface area contributed by atoms with Gasteiger partial charge in [-0.15, -0.1) is 0 Å². The lowest BCUT2D eigenvalue weighted by atomic mass is 9.75. The molecule has 0 saturated carbocycles. The molecule has 0 saturated heterocycles. The quantitative estimate of drug-likeness (QED) is 0.432. The van der Waals surface area contributed by atoms with Gasteiger partial charge in [0, 0.05) is 46.1 Å². The molecule has 0 unspecified atom stereocenters. The standard InChI is InChI=1S/C26H28N2O3/c1-5-28-19-9-7-6-8-17(19)18-11-10-16(12-20(18)28)27-25(30)24-15(2)23-21(29)13-26(3,4)14-22(23)31-24/h6-12,21,29H,5,13-14H2,1-4H3,(H,27,30)/t21-/m1/s1. The predicted molar refractivity (Wildman–Crippen MR) is 124 cm³/mol. The molecular weight excluding hydrogens is 388 g/mol. The molecule has 1 amide bonds. The number of anilines is 1. The molecule has 1 aliphatic carbocycles. The number of furan rings is 1. The Kier molecular flexibility index (Phi) is 4.48. The van der Waals surface area contributed by atoms with E-state index in [0.717, 1.165) is 41.1 Å². The van der Waals surface area contributed by atoms with Crippen molar-refractivity contribution in [2.75, 3.05) is 5.32 Å². The van der Waals surface area contributed by atoms with Crippen molar-refractivity contribution in [1.29, 1.82) is 0 Å². The largest absolute Gasteiger partial charge is 0.455 e. The molecule has 2 aromatic heterocycles. The summed E-state index contributed by atoms with van der Waals surface area (Å²) in [6, 6.07) is 14.4. The Morgan fingerprint density at radius 2 is 1.94 bits per heavy atom. The fourth-order valence-corrected chi connectivity index (χ4v) is 5.16. The van der Waals surface area contributed by atoms with Crippen LogP contribution in [-0.2, 0) is 13.0 Å². The van der Waals surface area contributed by atoms with Crippen LogP contribution in [0.3, 0.4) is 0 Å². The number of para-hydroxylation sites is 1. The number of benzene rings is 2. The molecule has 5 rings (SSSR count). The minimum absolute atomic E-state index is 0.0525. The molecule has 0 radical (unpaired) electrons. The number of aryl methyl sites for hydroxylation is 1. The number of fused-ring (bicyclic) bond motifs is 4. The zero-order valence-electron chi connectivity index (χ0n) is 18.5. The van der Waals surface area contributed by atoms with Crippen molar-refractivity contribution < 1.29 is 14.3 Å². The summed E-state index contributed by atoms with van der Waals surface area (Å²) < 4.78 is 8.24. The zero-order valence-corrected chi connectivity index (χ0v) is 18.5. The van der Waals surface area contributed by atoms with E-state index in [1.807, 2.05) is 25.1 Å². The Balaban J connectivity index is 1.51. The molecule has 31 heavy (non-hydrogen) atoms. The van der Waals surface area contributed by atoms with Crippen molar-refractivity contribution in [2.24, 2.45) is 5.41 Å². The second-order valence-corrected chi connectivity index (χ2v) is 9.40. The highest BCUT2D eigenvalue weighted by atomic mass is 16.4. The monoisotopic (exact) mass is 416 g/mol. The number of hydrogen-bond acceptors (Lipinski definition) is 3. The minimum atomic E-state index is -0.597. The number of hydrogen-bond donors (Lipinski definition) is 2. The number of carbonyl (C=O) groups is 1. The first kappa shape index (κ1) is 19.9. The highest BCUT2D eigenvalue weighted by Crippen LogP contribution is 2.44. The van der Waals surface area contributed by atoms with Gasteiger partial charge >= 0.3 is 0 Å². The highest BCUT2D eigenvalue weighted by molar-refractivity contribution is 6.10. The van der Waals surface area contributed by atoms with Gasteiger partial charge in [0.25, 0.3) is 5.91 Å². The summed E-state index contributed by atoms with van der Waals surface area (Å²) >= 11 is 0. The molecule has 2 aromatic carbocycles. The van der Waals surface area contributed by atoms with Crippen LogP contribution in [0.15, 0.2) is 46.9 Å². The lowest BCUT2D eigenvalue weighted by molar-refractivity contribution is 0.0910. The normalized spacial score (nSPS) is 17.8. The van der Waals surface area contributed by atoms with E-state index in [9.17, 15) is 9.90 Å². The molecule has 0 spiro atoms. The fraction of sp³-hybridized carbons (Fsp3) is 0.346. The zero-order chi connectivity index (χ0) is 21.9. The molecular formula is C26H28N2O3. The Labute approximate surface area is 181 Å². The second-order valence-electron chi connectivity index (χ2n) is 9.40. The van der Waals surface area contributed by atoms with Gasteiger partial charge in [-0.3, -0.25) is 4.79 Å². The van der Waals surface area contributed by atoms with Crippen molar-refractivity contribution in [3.05, 3.63) is 65.1 Å². The molecule has 5 nitrogen and oxygen atoms in total. The molecule has 5 heteroatoms. The third-order valence-corrected chi connectivity index (χ3v) is 6.54. The number of carbonyl (C=O) groups excluding carboxylic acids is 1. The van der Waals surface area contributed by atoms with Crippen molar-refractivity contribution in [3.63, 3.8) is 0 Å². The molecule has 160 valence electrons. The van der Waals surface area contributed by atoms with Crippen LogP contribution < -0.4 is 5.32 Å². The van der Waals surface area contributed by atoms with Gasteiger partial charge in [0.15, 0.2) is 5.76 Å². The van der Waals surface area contributed by atoms with E-state index < -0.39 is 6.10 Å². The van der Waals surface area contributed by atoms with Crippen molar-refractivity contribution in [1.82, 2.24) is 4.57 Å². The molecule has 2 heterocycles. The van der Waals surface area contributed by atoms with Crippen molar-refractivity contribution in [3.8, 4) is 0 Å². The smallest absolute Gasteiger partial charge is 0.291 e. The van der Waals surface area contributed by atoms with Gasteiger partial charge < -0.3 is 19.4 Å². The highest BCUT2D eigenvalue weighted by Gasteiger charge is 2.37. The van der Waals surface area contributed by atoms with Gasteiger partial charge in [-0.1, -0.05) is 38.1 Å². The van der Waals surface area contributed by atoms with Crippen LogP contribution in [-0.4, -0.2) is 15.6 Å². The summed E-state index contributed by atoms with van der Waals surface area (Å²) in [7, 11) is 0. The van der Waals surface area contributed by atoms with Crippen LogP contribution in [0.2, 0.25) is 0 Å². The summed E-state index contributed by atoms with van der Waals surface area (Å²) in [6.07, 6.45) is 0.788. The van der Waals surface area contributed by atoms with Gasteiger partial charge in [-0.05, 0) is 43.9 Å². The fourth-order valence-electron chi connectivity index (χ4n) is 5.16. The third-order valence-electron chi connectivity index (χ3n) is 6.54. The van der Waals surface area contributed by atoms with E-state index in [1.165, 1.54) is 16.3 Å². The lowest BCUT2D eigenvalue weighted by Gasteiger charge is -2.31. The molecule has 0 aliphatic heterocycles. The molecule has 1 aliphatic rings. The van der Waals surface area contributed by atoms with E-state index in [4.69, 9.17) is 4.42 Å². The summed E-state index contributed by atoms with van der Waals surface area (Å²) in [4.78, 5) is 13.1. The second kappa shape index (κ2) is 6.99. The Hall–Kier alpha value is -3.05. The van der Waals surface area contributed by atoms with E-state index >= 15 is 0 Å². The average molecular weight is 417 g/mol. The topological polar surface area (TPSA) is 67.4 Å². The van der Waals surface area contributed by atoms with E-state index in [1.54, 1.807) is 0 Å². The van der Waals surface area contributed by atoms with Gasteiger partial charge in [0.1, 0.15) is 5.76 Å². The van der Waals surface area contributed by atoms with E-state index in [2.05, 4.69) is 54.9 Å². The van der Waals surface area contributed by atoms with Crippen LogP contribution in [0.1, 0.15) is 60.7 Å². The Morgan fingerprint density at radius 1 is 1.19 bits per heavy atom. The first-order valence-corrected chi connectivity index (χ1v) is 10.9. The van der Waals surface area contributed by atoms with Gasteiger partial charge in [-0.2, -0.15) is 0 Å². The number of rotatable bonds is 3. The van der Waals surface area contributed by atoms with Gasteiger partial charge in [0.2, 0.25) is 0 Å². The van der Waals surface area contributed by atoms with Crippen LogP contribution in [0.5, 0.6) is 0 Å². The first-order valence-electron chi connectivity index (χ1n) is 10.9.